The van der Waals surface area contributed by atoms with Crippen LogP contribution in [-0.4, -0.2) is 29.8 Å². The molecule has 1 aliphatic rings. The zero-order chi connectivity index (χ0) is 10.8. The monoisotopic (exact) mass is 211 g/mol. The Morgan fingerprint density at radius 1 is 1.57 bits per heavy atom. The van der Waals surface area contributed by atoms with Crippen molar-refractivity contribution >= 4 is 5.97 Å². The molecule has 0 aliphatic carbocycles. The number of carbonyl (C=O) groups is 1. The number of nitrogens with one attached hydrogen (secondary N) is 1. The molecule has 1 heterocycles. The van der Waals surface area contributed by atoms with E-state index in [1.54, 1.807) is 0 Å². The van der Waals surface area contributed by atoms with Crippen molar-refractivity contribution in [1.29, 1.82) is 0 Å². The van der Waals surface area contributed by atoms with Gasteiger partial charge in [-0.05, 0) is 25.8 Å². The molecule has 1 fully saturated rings. The van der Waals surface area contributed by atoms with Crippen LogP contribution in [0.25, 0.3) is 0 Å². The lowest BCUT2D eigenvalue weighted by Gasteiger charge is -2.19. The second-order valence-electron chi connectivity index (χ2n) is 3.46. The Bertz CT molecular complexity index is 211. The molecule has 82 valence electrons. The number of hydrogen-bond donors (Lipinski definition) is 2. The fraction of sp³-hybridized carbons (Fsp3) is 0.875. The topological polar surface area (TPSA) is 49.3 Å². The van der Waals surface area contributed by atoms with Crippen LogP contribution in [0.3, 0.4) is 0 Å². The molecule has 1 saturated heterocycles. The summed E-state index contributed by atoms with van der Waals surface area (Å²) in [5.41, 5.74) is 0. The largest absolute Gasteiger partial charge is 0.481 e. The molecular weight excluding hydrogens is 199 g/mol. The van der Waals surface area contributed by atoms with E-state index in [-0.39, 0.29) is 12.5 Å². The van der Waals surface area contributed by atoms with Gasteiger partial charge in [0.1, 0.15) is 0 Å². The van der Waals surface area contributed by atoms with E-state index in [4.69, 9.17) is 5.11 Å². The standard InChI is InChI=1S/C8H12F3NO2/c9-8(10,11)6(7(13)14)4-5-2-1-3-12-5/h5-6,12H,1-4H2,(H,13,14)/t5-,6+/m0/s1. The summed E-state index contributed by atoms with van der Waals surface area (Å²) in [5, 5.41) is 11.3. The van der Waals surface area contributed by atoms with Crippen molar-refractivity contribution in [2.24, 2.45) is 5.92 Å². The highest BCUT2D eigenvalue weighted by atomic mass is 19.4. The summed E-state index contributed by atoms with van der Waals surface area (Å²) >= 11 is 0. The molecule has 3 nitrogen and oxygen atoms in total. The van der Waals surface area contributed by atoms with Crippen LogP contribution in [0, 0.1) is 5.92 Å². The van der Waals surface area contributed by atoms with E-state index >= 15 is 0 Å². The predicted octanol–water partition coefficient (Wildman–Crippen LogP) is 1.39. The molecule has 0 saturated carbocycles. The Kier molecular flexibility index (Phi) is 3.36. The van der Waals surface area contributed by atoms with Crippen LogP contribution in [0.15, 0.2) is 0 Å². The van der Waals surface area contributed by atoms with Crippen LogP contribution in [-0.2, 0) is 4.79 Å². The van der Waals surface area contributed by atoms with E-state index in [0.29, 0.717) is 13.0 Å². The molecule has 1 aliphatic heterocycles. The van der Waals surface area contributed by atoms with Gasteiger partial charge in [-0.2, -0.15) is 13.2 Å². The molecule has 6 heteroatoms. The third kappa shape index (κ3) is 2.87. The summed E-state index contributed by atoms with van der Waals surface area (Å²) in [6.45, 7) is 0.675. The summed E-state index contributed by atoms with van der Waals surface area (Å²) < 4.78 is 36.6. The van der Waals surface area contributed by atoms with E-state index in [9.17, 15) is 18.0 Å². The Balaban J connectivity index is 2.55. The second kappa shape index (κ2) is 4.16. The van der Waals surface area contributed by atoms with Gasteiger partial charge in [0.25, 0.3) is 0 Å². The molecule has 0 amide bonds. The molecule has 0 aromatic carbocycles. The average molecular weight is 211 g/mol. The van der Waals surface area contributed by atoms with Gasteiger partial charge in [-0.25, -0.2) is 0 Å². The zero-order valence-electron chi connectivity index (χ0n) is 7.47. The minimum absolute atomic E-state index is 0.308. The number of rotatable bonds is 3. The van der Waals surface area contributed by atoms with E-state index < -0.39 is 18.1 Å². The second-order valence-corrected chi connectivity index (χ2v) is 3.46. The highest BCUT2D eigenvalue weighted by Gasteiger charge is 2.46. The molecule has 0 spiro atoms. The van der Waals surface area contributed by atoms with Gasteiger partial charge in [-0.3, -0.25) is 4.79 Å². The number of carboxylic acid groups (broad SMARTS) is 1. The summed E-state index contributed by atoms with van der Waals surface area (Å²) in [5.74, 6) is -4.02. The van der Waals surface area contributed by atoms with Crippen molar-refractivity contribution in [3.05, 3.63) is 0 Å². The molecule has 0 unspecified atom stereocenters. The Labute approximate surface area is 79.3 Å². The fourth-order valence-electron chi connectivity index (χ4n) is 1.62. The van der Waals surface area contributed by atoms with Gasteiger partial charge < -0.3 is 10.4 Å². The lowest BCUT2D eigenvalue weighted by Crippen LogP contribution is -2.36. The smallest absolute Gasteiger partial charge is 0.402 e. The lowest BCUT2D eigenvalue weighted by molar-refractivity contribution is -0.195. The first kappa shape index (κ1) is 11.3. The predicted molar refractivity (Wildman–Crippen MR) is 42.8 cm³/mol. The molecule has 0 radical (unpaired) electrons. The lowest BCUT2D eigenvalue weighted by atomic mass is 9.98. The Morgan fingerprint density at radius 3 is 2.57 bits per heavy atom. The van der Waals surface area contributed by atoms with Crippen molar-refractivity contribution < 1.29 is 23.1 Å². The van der Waals surface area contributed by atoms with Crippen LogP contribution in [0.5, 0.6) is 0 Å². The van der Waals surface area contributed by atoms with E-state index in [1.807, 2.05) is 0 Å². The first-order valence-electron chi connectivity index (χ1n) is 4.44. The van der Waals surface area contributed by atoms with Crippen molar-refractivity contribution in [3.63, 3.8) is 0 Å². The van der Waals surface area contributed by atoms with E-state index in [1.165, 1.54) is 0 Å². The molecular formula is C8H12F3NO2. The molecule has 1 rings (SSSR count). The minimum atomic E-state index is -4.64. The normalized spacial score (nSPS) is 24.9. The molecule has 0 aromatic heterocycles. The van der Waals surface area contributed by atoms with Gasteiger partial charge in [-0.1, -0.05) is 0 Å². The maximum atomic E-state index is 12.2. The third-order valence-corrected chi connectivity index (χ3v) is 2.38. The average Bonchev–Trinajstić information content (AvgIpc) is 2.48. The van der Waals surface area contributed by atoms with Crippen LogP contribution >= 0.6 is 0 Å². The van der Waals surface area contributed by atoms with Crippen LogP contribution < -0.4 is 5.32 Å². The summed E-state index contributed by atoms with van der Waals surface area (Å²) in [4.78, 5) is 10.4. The molecule has 14 heavy (non-hydrogen) atoms. The van der Waals surface area contributed by atoms with Crippen molar-refractivity contribution in [2.45, 2.75) is 31.5 Å². The van der Waals surface area contributed by atoms with Gasteiger partial charge in [0, 0.05) is 6.04 Å². The van der Waals surface area contributed by atoms with Crippen LogP contribution in [0.4, 0.5) is 13.2 Å². The number of alkyl halides is 3. The Morgan fingerprint density at radius 2 is 2.21 bits per heavy atom. The van der Waals surface area contributed by atoms with Gasteiger partial charge in [0.15, 0.2) is 5.92 Å². The van der Waals surface area contributed by atoms with Crippen LogP contribution in [0.1, 0.15) is 19.3 Å². The molecule has 2 N–H and O–H groups in total. The molecule has 0 aromatic rings. The quantitative estimate of drug-likeness (QED) is 0.741. The van der Waals surface area contributed by atoms with Gasteiger partial charge in [-0.15, -0.1) is 0 Å². The number of halogens is 3. The fourth-order valence-corrected chi connectivity index (χ4v) is 1.62. The summed E-state index contributed by atoms with van der Waals surface area (Å²) in [6, 6.07) is -0.308. The van der Waals surface area contributed by atoms with Crippen molar-refractivity contribution in [2.75, 3.05) is 6.54 Å². The summed E-state index contributed by atoms with van der Waals surface area (Å²) in [7, 11) is 0. The number of aliphatic carboxylic acids is 1. The SMILES string of the molecule is O=C(O)[C@@H](C[C@@H]1CCCN1)C(F)(F)F. The minimum Gasteiger partial charge on any atom is -0.481 e. The number of carboxylic acids is 1. The molecule has 0 bridgehead atoms. The van der Waals surface area contributed by atoms with Crippen molar-refractivity contribution in [1.82, 2.24) is 5.32 Å². The van der Waals surface area contributed by atoms with Crippen LogP contribution in [0.2, 0.25) is 0 Å². The molecule has 2 atom stereocenters. The highest BCUT2D eigenvalue weighted by Crippen LogP contribution is 2.31. The van der Waals surface area contributed by atoms with Gasteiger partial charge in [0.2, 0.25) is 0 Å². The summed E-state index contributed by atoms with van der Waals surface area (Å²) in [6.07, 6.45) is -3.57. The highest BCUT2D eigenvalue weighted by molar-refractivity contribution is 5.71. The van der Waals surface area contributed by atoms with Crippen molar-refractivity contribution in [3.8, 4) is 0 Å². The Hall–Kier alpha value is -0.780. The number of hydrogen-bond acceptors (Lipinski definition) is 2. The van der Waals surface area contributed by atoms with E-state index in [2.05, 4.69) is 5.32 Å². The van der Waals surface area contributed by atoms with E-state index in [0.717, 1.165) is 6.42 Å². The zero-order valence-corrected chi connectivity index (χ0v) is 7.47. The first-order valence-corrected chi connectivity index (χ1v) is 4.44. The maximum absolute atomic E-state index is 12.2. The third-order valence-electron chi connectivity index (χ3n) is 2.38. The maximum Gasteiger partial charge on any atom is 0.402 e. The van der Waals surface area contributed by atoms with Gasteiger partial charge >= 0.3 is 12.1 Å². The van der Waals surface area contributed by atoms with Gasteiger partial charge in [0.05, 0.1) is 0 Å². The first-order chi connectivity index (χ1) is 6.41.